The van der Waals surface area contributed by atoms with E-state index in [9.17, 15) is 9.59 Å². The number of methoxy groups -OCH3 is 1. The molecule has 0 radical (unpaired) electrons. The van der Waals surface area contributed by atoms with Crippen LogP contribution in [-0.4, -0.2) is 45.5 Å². The van der Waals surface area contributed by atoms with Gasteiger partial charge in [0.15, 0.2) is 0 Å². The fourth-order valence-electron chi connectivity index (χ4n) is 2.53. The molecule has 0 fully saturated rings. The van der Waals surface area contributed by atoms with Gasteiger partial charge >= 0.3 is 0 Å². The summed E-state index contributed by atoms with van der Waals surface area (Å²) < 4.78 is 5.16. The highest BCUT2D eigenvalue weighted by atomic mass is 16.5. The van der Waals surface area contributed by atoms with Crippen molar-refractivity contribution < 1.29 is 14.3 Å². The second-order valence-corrected chi connectivity index (χ2v) is 5.73. The van der Waals surface area contributed by atoms with Crippen LogP contribution in [0.1, 0.15) is 24.2 Å². The minimum Gasteiger partial charge on any atom is -0.383 e. The molecule has 0 aliphatic carbocycles. The van der Waals surface area contributed by atoms with Crippen LogP contribution in [0.25, 0.3) is 0 Å². The van der Waals surface area contributed by atoms with Crippen LogP contribution in [0.3, 0.4) is 0 Å². The second kappa shape index (κ2) is 6.26. The number of amides is 1. The standard InChI is InChI=1S/C16H22N2O3/c1-11(2)10-18(7-8-21-4)12-5-6-13-14(9-12)17(3)16(20)15(13)19/h5-6,9,11H,7-8,10H2,1-4H3. The normalized spacial score (nSPS) is 14.0. The number of carbonyl (C=O) groups is 2. The van der Waals surface area contributed by atoms with E-state index in [2.05, 4.69) is 18.7 Å². The molecule has 1 aliphatic rings. The first-order valence-electron chi connectivity index (χ1n) is 7.16. The van der Waals surface area contributed by atoms with Crippen molar-refractivity contribution in [2.24, 2.45) is 5.92 Å². The van der Waals surface area contributed by atoms with Gasteiger partial charge in [0.2, 0.25) is 0 Å². The maximum Gasteiger partial charge on any atom is 0.299 e. The zero-order valence-corrected chi connectivity index (χ0v) is 13.0. The van der Waals surface area contributed by atoms with Crippen LogP contribution in [0.5, 0.6) is 0 Å². The smallest absolute Gasteiger partial charge is 0.299 e. The van der Waals surface area contributed by atoms with Gasteiger partial charge in [-0.2, -0.15) is 0 Å². The molecule has 1 aromatic rings. The van der Waals surface area contributed by atoms with Gasteiger partial charge in [-0.25, -0.2) is 0 Å². The number of ketones is 1. The van der Waals surface area contributed by atoms with Gasteiger partial charge < -0.3 is 14.5 Å². The van der Waals surface area contributed by atoms with Crippen LogP contribution >= 0.6 is 0 Å². The largest absolute Gasteiger partial charge is 0.383 e. The molecule has 1 aromatic carbocycles. The minimum atomic E-state index is -0.463. The number of Topliss-reactive ketones (excluding diaryl/α,β-unsaturated/α-hetero) is 1. The monoisotopic (exact) mass is 290 g/mol. The molecule has 5 heteroatoms. The van der Waals surface area contributed by atoms with Crippen molar-refractivity contribution in [3.05, 3.63) is 23.8 Å². The number of fused-ring (bicyclic) bond motifs is 1. The molecule has 21 heavy (non-hydrogen) atoms. The molecule has 0 N–H and O–H groups in total. The van der Waals surface area contributed by atoms with Gasteiger partial charge in [-0.1, -0.05) is 13.8 Å². The Bertz CT molecular complexity index is 554. The van der Waals surface area contributed by atoms with Crippen molar-refractivity contribution in [1.82, 2.24) is 0 Å². The van der Waals surface area contributed by atoms with Crippen molar-refractivity contribution in [3.63, 3.8) is 0 Å². The van der Waals surface area contributed by atoms with E-state index in [4.69, 9.17) is 4.74 Å². The van der Waals surface area contributed by atoms with Gasteiger partial charge in [0.1, 0.15) is 0 Å². The summed E-state index contributed by atoms with van der Waals surface area (Å²) in [6, 6.07) is 5.56. The average molecular weight is 290 g/mol. The summed E-state index contributed by atoms with van der Waals surface area (Å²) in [5, 5.41) is 0. The van der Waals surface area contributed by atoms with Crippen molar-refractivity contribution >= 4 is 23.1 Å². The Morgan fingerprint density at radius 2 is 2.00 bits per heavy atom. The van der Waals surface area contributed by atoms with Gasteiger partial charge in [-0.3, -0.25) is 9.59 Å². The summed E-state index contributed by atoms with van der Waals surface area (Å²) >= 11 is 0. The third-order valence-corrected chi connectivity index (χ3v) is 3.60. The summed E-state index contributed by atoms with van der Waals surface area (Å²) in [7, 11) is 3.32. The highest BCUT2D eigenvalue weighted by Gasteiger charge is 2.33. The Morgan fingerprint density at radius 3 is 2.62 bits per heavy atom. The number of hydrogen-bond acceptors (Lipinski definition) is 4. The third-order valence-electron chi connectivity index (χ3n) is 3.60. The third kappa shape index (κ3) is 3.08. The molecular weight excluding hydrogens is 268 g/mol. The second-order valence-electron chi connectivity index (χ2n) is 5.73. The van der Waals surface area contributed by atoms with Crippen LogP contribution in [0.15, 0.2) is 18.2 Å². The Kier molecular flexibility index (Phi) is 4.63. The summed E-state index contributed by atoms with van der Waals surface area (Å²) in [4.78, 5) is 27.2. The number of likely N-dealkylation sites (N-methyl/N-ethyl adjacent to an activating group) is 1. The van der Waals surface area contributed by atoms with E-state index < -0.39 is 11.7 Å². The van der Waals surface area contributed by atoms with E-state index >= 15 is 0 Å². The van der Waals surface area contributed by atoms with Crippen molar-refractivity contribution in [1.29, 1.82) is 0 Å². The Morgan fingerprint density at radius 1 is 1.29 bits per heavy atom. The van der Waals surface area contributed by atoms with Gasteiger partial charge in [0, 0.05) is 32.9 Å². The molecule has 0 unspecified atom stereocenters. The quantitative estimate of drug-likeness (QED) is 0.751. The molecule has 2 rings (SSSR count). The number of nitrogens with zero attached hydrogens (tertiary/aromatic N) is 2. The predicted octanol–water partition coefficient (Wildman–Crippen LogP) is 1.95. The predicted molar refractivity (Wildman–Crippen MR) is 83.1 cm³/mol. The number of benzene rings is 1. The molecule has 1 heterocycles. The van der Waals surface area contributed by atoms with Gasteiger partial charge in [0.25, 0.3) is 11.7 Å². The van der Waals surface area contributed by atoms with Crippen molar-refractivity contribution in [2.75, 3.05) is 43.7 Å². The van der Waals surface area contributed by atoms with Gasteiger partial charge in [0.05, 0.1) is 17.9 Å². The lowest BCUT2D eigenvalue weighted by molar-refractivity contribution is -0.114. The molecule has 0 spiro atoms. The maximum absolute atomic E-state index is 11.8. The van der Waals surface area contributed by atoms with E-state index in [0.717, 1.165) is 18.8 Å². The highest BCUT2D eigenvalue weighted by molar-refractivity contribution is 6.52. The van der Waals surface area contributed by atoms with E-state index in [1.165, 1.54) is 4.90 Å². The van der Waals surface area contributed by atoms with Gasteiger partial charge in [-0.05, 0) is 24.1 Å². The van der Waals surface area contributed by atoms with Crippen LogP contribution in [0.2, 0.25) is 0 Å². The van der Waals surface area contributed by atoms with Gasteiger partial charge in [-0.15, -0.1) is 0 Å². The Balaban J connectivity index is 2.31. The lowest BCUT2D eigenvalue weighted by Crippen LogP contribution is -2.31. The lowest BCUT2D eigenvalue weighted by Gasteiger charge is -2.27. The van der Waals surface area contributed by atoms with E-state index in [1.54, 1.807) is 20.2 Å². The van der Waals surface area contributed by atoms with Crippen LogP contribution < -0.4 is 9.80 Å². The number of anilines is 2. The fraction of sp³-hybridized carbons (Fsp3) is 0.500. The zero-order chi connectivity index (χ0) is 15.6. The lowest BCUT2D eigenvalue weighted by atomic mass is 10.1. The maximum atomic E-state index is 11.8. The first-order valence-corrected chi connectivity index (χ1v) is 7.16. The summed E-state index contributed by atoms with van der Waals surface area (Å²) in [6.45, 7) is 6.63. The number of rotatable bonds is 6. The first kappa shape index (κ1) is 15.5. The van der Waals surface area contributed by atoms with Crippen LogP contribution in [0.4, 0.5) is 11.4 Å². The number of hydrogen-bond donors (Lipinski definition) is 0. The molecule has 5 nitrogen and oxygen atoms in total. The molecule has 0 saturated carbocycles. The molecule has 1 aliphatic heterocycles. The van der Waals surface area contributed by atoms with E-state index in [-0.39, 0.29) is 0 Å². The number of carbonyl (C=O) groups excluding carboxylic acids is 2. The van der Waals surface area contributed by atoms with Crippen molar-refractivity contribution in [3.8, 4) is 0 Å². The molecule has 0 aromatic heterocycles. The number of ether oxygens (including phenoxy) is 1. The van der Waals surface area contributed by atoms with E-state index in [1.807, 2.05) is 12.1 Å². The molecule has 0 saturated heterocycles. The SMILES string of the molecule is COCCN(CC(C)C)c1ccc2c(c1)N(C)C(=O)C2=O. The minimum absolute atomic E-state index is 0.425. The molecule has 1 amide bonds. The molecule has 0 atom stereocenters. The summed E-state index contributed by atoms with van der Waals surface area (Å²) in [5.41, 5.74) is 2.19. The van der Waals surface area contributed by atoms with Crippen LogP contribution in [0, 0.1) is 5.92 Å². The van der Waals surface area contributed by atoms with Crippen LogP contribution in [-0.2, 0) is 9.53 Å². The molecule has 114 valence electrons. The zero-order valence-electron chi connectivity index (χ0n) is 13.0. The average Bonchev–Trinajstić information content (AvgIpc) is 2.67. The fourth-order valence-corrected chi connectivity index (χ4v) is 2.53. The topological polar surface area (TPSA) is 49.9 Å². The summed E-state index contributed by atoms with van der Waals surface area (Å²) in [6.07, 6.45) is 0. The van der Waals surface area contributed by atoms with Crippen molar-refractivity contribution in [2.45, 2.75) is 13.8 Å². The van der Waals surface area contributed by atoms with E-state index in [0.29, 0.717) is 23.8 Å². The molecule has 0 bridgehead atoms. The summed E-state index contributed by atoms with van der Waals surface area (Å²) in [5.74, 6) is -0.378. The Hall–Kier alpha value is -1.88. The first-order chi connectivity index (χ1) is 9.95. The molecular formula is C16H22N2O3. The highest BCUT2D eigenvalue weighted by Crippen LogP contribution is 2.32. The Labute approximate surface area is 125 Å².